The first-order valence-corrected chi connectivity index (χ1v) is 33.9. The molecule has 0 aromatic heterocycles. The van der Waals surface area contributed by atoms with Crippen LogP contribution in [0.25, 0.3) is 0 Å². The van der Waals surface area contributed by atoms with Gasteiger partial charge in [-0.3, -0.25) is 13.8 Å². The van der Waals surface area contributed by atoms with E-state index < -0.39 is 20.0 Å². The number of hydrogen-bond donors (Lipinski definition) is 3. The van der Waals surface area contributed by atoms with E-state index in [2.05, 4.69) is 43.5 Å². The molecule has 74 heavy (non-hydrogen) atoms. The summed E-state index contributed by atoms with van der Waals surface area (Å²) >= 11 is 0. The topological polar surface area (TPSA) is 105 Å². The number of unbranched alkanes of at least 4 members (excludes halogenated alkanes) is 43. The molecule has 0 aliphatic heterocycles. The molecular formula is C65H128N2O6P+. The number of carbonyl (C=O) groups is 1. The molecule has 0 radical (unpaired) electrons. The van der Waals surface area contributed by atoms with Crippen LogP contribution in [0.2, 0.25) is 0 Å². The third kappa shape index (κ3) is 58.4. The van der Waals surface area contributed by atoms with Crippen molar-refractivity contribution < 1.29 is 32.9 Å². The van der Waals surface area contributed by atoms with Crippen molar-refractivity contribution in [3.8, 4) is 0 Å². The first kappa shape index (κ1) is 72.7. The van der Waals surface area contributed by atoms with Crippen molar-refractivity contribution in [1.82, 2.24) is 5.32 Å². The SMILES string of the molecule is CCCCCCC/C=C\C/C=C\CCCCCCCCCCCCCCCCCCCCCCCCCCCCCC(=O)NC(COP(=O)(O)OCC[N+](C)(C)C)C(O)/C=C/CCCCCCCCCCCCC. The minimum absolute atomic E-state index is 0.0637. The first-order valence-electron chi connectivity index (χ1n) is 32.4. The molecule has 3 N–H and O–H groups in total. The van der Waals surface area contributed by atoms with Gasteiger partial charge in [-0.2, -0.15) is 0 Å². The van der Waals surface area contributed by atoms with E-state index in [1.54, 1.807) is 6.08 Å². The lowest BCUT2D eigenvalue weighted by molar-refractivity contribution is -0.870. The summed E-state index contributed by atoms with van der Waals surface area (Å²) < 4.78 is 23.7. The fourth-order valence-corrected chi connectivity index (χ4v) is 10.5. The van der Waals surface area contributed by atoms with Crippen LogP contribution in [0.4, 0.5) is 0 Å². The number of nitrogens with zero attached hydrogens (tertiary/aromatic N) is 1. The highest BCUT2D eigenvalue weighted by Gasteiger charge is 2.28. The fraction of sp³-hybridized carbons (Fsp3) is 0.892. The van der Waals surface area contributed by atoms with Crippen molar-refractivity contribution in [3.05, 3.63) is 36.5 Å². The molecule has 0 rings (SSSR count). The number of phosphoric ester groups is 1. The molecule has 1 amide bonds. The van der Waals surface area contributed by atoms with Crippen molar-refractivity contribution >= 4 is 13.7 Å². The molecule has 8 nitrogen and oxygen atoms in total. The van der Waals surface area contributed by atoms with Gasteiger partial charge in [0.15, 0.2) is 0 Å². The van der Waals surface area contributed by atoms with Gasteiger partial charge in [0.1, 0.15) is 13.2 Å². The van der Waals surface area contributed by atoms with Crippen LogP contribution in [-0.4, -0.2) is 73.4 Å². The molecule has 0 saturated heterocycles. The first-order chi connectivity index (χ1) is 36.0. The van der Waals surface area contributed by atoms with Crippen LogP contribution in [0.1, 0.15) is 322 Å². The van der Waals surface area contributed by atoms with Gasteiger partial charge in [0.25, 0.3) is 0 Å². The third-order valence-corrected chi connectivity index (χ3v) is 15.8. The summed E-state index contributed by atoms with van der Waals surface area (Å²) in [6.07, 6.45) is 74.3. The molecule has 0 heterocycles. The Labute approximate surface area is 461 Å². The zero-order valence-electron chi connectivity index (χ0n) is 50.1. The number of amides is 1. The van der Waals surface area contributed by atoms with Gasteiger partial charge in [0.05, 0.1) is 39.9 Å². The summed E-state index contributed by atoms with van der Waals surface area (Å²) in [4.78, 5) is 23.3. The van der Waals surface area contributed by atoms with Crippen LogP contribution in [0.5, 0.6) is 0 Å². The lowest BCUT2D eigenvalue weighted by Crippen LogP contribution is -2.45. The molecule has 438 valence electrons. The maximum atomic E-state index is 13.0. The molecule has 3 atom stereocenters. The number of nitrogens with one attached hydrogen (secondary N) is 1. The summed E-state index contributed by atoms with van der Waals surface area (Å²) in [5, 5.41) is 13.9. The van der Waals surface area contributed by atoms with E-state index in [0.717, 1.165) is 44.9 Å². The van der Waals surface area contributed by atoms with Crippen LogP contribution < -0.4 is 5.32 Å². The van der Waals surface area contributed by atoms with Gasteiger partial charge in [-0.15, -0.1) is 0 Å². The summed E-state index contributed by atoms with van der Waals surface area (Å²) in [6, 6.07) is -0.843. The largest absolute Gasteiger partial charge is 0.472 e. The molecule has 0 bridgehead atoms. The van der Waals surface area contributed by atoms with E-state index in [0.29, 0.717) is 17.4 Å². The predicted octanol–water partition coefficient (Wildman–Crippen LogP) is 20.1. The second-order valence-corrected chi connectivity index (χ2v) is 24.9. The number of likely N-dealkylation sites (N-methyl/N-ethyl adjacent to an activating group) is 1. The van der Waals surface area contributed by atoms with Crippen LogP contribution in [0, 0.1) is 0 Å². The van der Waals surface area contributed by atoms with Crippen LogP contribution >= 0.6 is 7.82 Å². The Bertz CT molecular complexity index is 1300. The third-order valence-electron chi connectivity index (χ3n) is 14.9. The molecule has 3 unspecified atom stereocenters. The Morgan fingerprint density at radius 2 is 0.770 bits per heavy atom. The quantitative estimate of drug-likeness (QED) is 0.0243. The van der Waals surface area contributed by atoms with E-state index in [1.165, 1.54) is 257 Å². The molecular weight excluding hydrogens is 936 g/mol. The number of hydrogen-bond acceptors (Lipinski definition) is 5. The number of aliphatic hydroxyl groups is 1. The number of rotatable bonds is 60. The monoisotopic (exact) mass is 1060 g/mol. The average molecular weight is 1060 g/mol. The van der Waals surface area contributed by atoms with Crippen molar-refractivity contribution in [2.75, 3.05) is 40.9 Å². The predicted molar refractivity (Wildman–Crippen MR) is 323 cm³/mol. The van der Waals surface area contributed by atoms with Gasteiger partial charge in [-0.25, -0.2) is 4.57 Å². The van der Waals surface area contributed by atoms with Crippen LogP contribution in [0.15, 0.2) is 36.5 Å². The number of quaternary nitrogens is 1. The summed E-state index contributed by atoms with van der Waals surface area (Å²) in [5.74, 6) is -0.172. The maximum absolute atomic E-state index is 13.0. The second-order valence-electron chi connectivity index (χ2n) is 23.5. The molecule has 0 fully saturated rings. The average Bonchev–Trinajstić information content (AvgIpc) is 3.36. The van der Waals surface area contributed by atoms with Crippen molar-refractivity contribution in [2.45, 2.75) is 334 Å². The number of aliphatic hydroxyl groups excluding tert-OH is 1. The summed E-state index contributed by atoms with van der Waals surface area (Å²) in [6.45, 7) is 4.83. The highest BCUT2D eigenvalue weighted by Crippen LogP contribution is 2.43. The highest BCUT2D eigenvalue weighted by atomic mass is 31.2. The number of carbonyl (C=O) groups excluding carboxylic acids is 1. The van der Waals surface area contributed by atoms with E-state index in [1.807, 2.05) is 27.2 Å². The number of allylic oxidation sites excluding steroid dienone is 5. The molecule has 9 heteroatoms. The van der Waals surface area contributed by atoms with Crippen molar-refractivity contribution in [3.63, 3.8) is 0 Å². The lowest BCUT2D eigenvalue weighted by Gasteiger charge is -2.25. The Balaban J connectivity index is 3.85. The van der Waals surface area contributed by atoms with E-state index in [9.17, 15) is 19.4 Å². The Morgan fingerprint density at radius 3 is 1.11 bits per heavy atom. The van der Waals surface area contributed by atoms with E-state index in [-0.39, 0.29) is 19.1 Å². The van der Waals surface area contributed by atoms with Gasteiger partial charge >= 0.3 is 7.82 Å². The molecule has 0 aromatic rings. The smallest absolute Gasteiger partial charge is 0.387 e. The van der Waals surface area contributed by atoms with Crippen LogP contribution in [-0.2, 0) is 18.4 Å². The fourth-order valence-electron chi connectivity index (χ4n) is 9.78. The Morgan fingerprint density at radius 1 is 0.459 bits per heavy atom. The zero-order valence-corrected chi connectivity index (χ0v) is 51.0. The van der Waals surface area contributed by atoms with Crippen molar-refractivity contribution in [2.24, 2.45) is 0 Å². The van der Waals surface area contributed by atoms with Crippen LogP contribution in [0.3, 0.4) is 0 Å². The normalized spacial score (nSPS) is 14.0. The molecule has 0 aliphatic rings. The minimum Gasteiger partial charge on any atom is -0.387 e. The van der Waals surface area contributed by atoms with Gasteiger partial charge in [-0.1, -0.05) is 301 Å². The Hall–Kier alpha value is -1.28. The Kier molecular flexibility index (Phi) is 55.5. The van der Waals surface area contributed by atoms with E-state index in [4.69, 9.17) is 9.05 Å². The molecule has 0 aromatic carbocycles. The zero-order chi connectivity index (χ0) is 54.2. The number of phosphoric acid groups is 1. The summed E-state index contributed by atoms with van der Waals surface area (Å²) in [5.41, 5.74) is 0. The summed E-state index contributed by atoms with van der Waals surface area (Å²) in [7, 11) is 1.59. The van der Waals surface area contributed by atoms with Gasteiger partial charge in [0.2, 0.25) is 5.91 Å². The molecule has 0 aliphatic carbocycles. The molecule has 0 spiro atoms. The maximum Gasteiger partial charge on any atom is 0.472 e. The second kappa shape index (κ2) is 56.4. The highest BCUT2D eigenvalue weighted by molar-refractivity contribution is 7.47. The van der Waals surface area contributed by atoms with Gasteiger partial charge < -0.3 is 19.8 Å². The minimum atomic E-state index is -4.34. The lowest BCUT2D eigenvalue weighted by atomic mass is 10.0. The van der Waals surface area contributed by atoms with Gasteiger partial charge in [0, 0.05) is 6.42 Å². The van der Waals surface area contributed by atoms with Gasteiger partial charge in [-0.05, 0) is 51.4 Å². The standard InChI is InChI=1S/C65H127N2O6P/c1-6-8-10-12-14-16-18-20-21-22-23-24-25-26-27-28-29-30-31-32-33-34-35-36-37-38-39-40-41-42-43-44-45-47-49-51-53-55-57-59-65(69)66-63(62-73-74(70,71)72-61-60-67(3,4)5)64(68)58-56-54-52-50-48-46-19-17-15-13-11-9-7-2/h18,20,22-23,56,58,63-64,68H,6-17,19,21,24-55,57,59-62H2,1-5H3,(H-,66,69,70,71)/p+1/b20-18-,23-22-,58-56+. The van der Waals surface area contributed by atoms with E-state index >= 15 is 0 Å². The van der Waals surface area contributed by atoms with Crippen molar-refractivity contribution in [1.29, 1.82) is 0 Å². The molecule has 0 saturated carbocycles.